The van der Waals surface area contributed by atoms with Crippen molar-refractivity contribution >= 4 is 11.8 Å². The van der Waals surface area contributed by atoms with Crippen LogP contribution in [0.1, 0.15) is 92.3 Å². The van der Waals surface area contributed by atoms with E-state index in [0.717, 1.165) is 36.7 Å². The Morgan fingerprint density at radius 2 is 1.50 bits per heavy atom. The number of hydrogen-bond acceptors (Lipinski definition) is 2. The smallest absolute Gasteiger partial charge is 0.251 e. The molecule has 1 fully saturated rings. The van der Waals surface area contributed by atoms with Gasteiger partial charge in [-0.1, -0.05) is 113 Å². The lowest BCUT2D eigenvalue weighted by Crippen LogP contribution is -2.46. The molecule has 2 N–H and O–H groups in total. The molecular formula is C34H42N2O2. The first-order chi connectivity index (χ1) is 18.3. The molecule has 38 heavy (non-hydrogen) atoms. The number of hydrogen-bond donors (Lipinski definition) is 2. The van der Waals surface area contributed by atoms with Gasteiger partial charge in [0.05, 0.1) is 0 Å². The number of benzene rings is 3. The molecule has 0 aromatic heterocycles. The van der Waals surface area contributed by atoms with Crippen molar-refractivity contribution in [1.82, 2.24) is 10.6 Å². The van der Waals surface area contributed by atoms with Crippen LogP contribution in [0.15, 0.2) is 84.9 Å². The molecule has 0 bridgehead atoms. The molecule has 0 radical (unpaired) electrons. The van der Waals surface area contributed by atoms with Crippen LogP contribution in [-0.4, -0.2) is 17.9 Å². The van der Waals surface area contributed by atoms with Gasteiger partial charge in [0.2, 0.25) is 5.91 Å². The lowest BCUT2D eigenvalue weighted by atomic mass is 9.86. The Labute approximate surface area is 228 Å². The van der Waals surface area contributed by atoms with Crippen LogP contribution in [-0.2, 0) is 16.8 Å². The third-order valence-corrected chi connectivity index (χ3v) is 7.66. The van der Waals surface area contributed by atoms with E-state index in [-0.39, 0.29) is 17.2 Å². The van der Waals surface area contributed by atoms with Crippen LogP contribution >= 0.6 is 0 Å². The van der Waals surface area contributed by atoms with E-state index < -0.39 is 6.04 Å². The van der Waals surface area contributed by atoms with Gasteiger partial charge in [-0.2, -0.15) is 0 Å². The Bertz CT molecular complexity index is 1170. The minimum Gasteiger partial charge on any atom is -0.350 e. The first-order valence-corrected chi connectivity index (χ1v) is 14.1. The number of carbonyl (C=O) groups is 2. The summed E-state index contributed by atoms with van der Waals surface area (Å²) < 4.78 is 0. The second kappa shape index (κ2) is 12.9. The van der Waals surface area contributed by atoms with E-state index in [2.05, 4.69) is 61.7 Å². The normalized spacial score (nSPS) is 17.4. The number of rotatable bonds is 12. The predicted molar refractivity (Wildman–Crippen MR) is 155 cm³/mol. The zero-order valence-electron chi connectivity index (χ0n) is 23.1. The summed E-state index contributed by atoms with van der Waals surface area (Å²) in [5.41, 5.74) is 4.29. The zero-order valence-corrected chi connectivity index (χ0v) is 23.1. The second-order valence-corrected chi connectivity index (χ2v) is 11.7. The minimum atomic E-state index is -0.550. The van der Waals surface area contributed by atoms with E-state index >= 15 is 0 Å². The van der Waals surface area contributed by atoms with Gasteiger partial charge >= 0.3 is 0 Å². The number of nitrogens with one attached hydrogen (secondary N) is 2. The first kappa shape index (κ1) is 27.6. The standard InChI is InChI=1S/C34H42N2O2/c1-34(2,3)29-21-19-27(20-22-29)32(37)36-31(33(38)35-24-25-13-7-4-8-14-25)18-12-6-11-17-28-23-30(28)26-15-9-5-10-16-26/h4-5,7-10,13-16,19-22,28,30-31H,6,11-12,17-18,23-24H2,1-3H3,(H,35,38)(H,36,37)/t28?,30?,31-/m0/s1. The Hall–Kier alpha value is -3.40. The van der Waals surface area contributed by atoms with E-state index in [1.165, 1.54) is 24.0 Å². The van der Waals surface area contributed by atoms with Crippen molar-refractivity contribution in [1.29, 1.82) is 0 Å². The van der Waals surface area contributed by atoms with Gasteiger partial charge in [-0.3, -0.25) is 9.59 Å². The van der Waals surface area contributed by atoms with Gasteiger partial charge in [-0.15, -0.1) is 0 Å². The van der Waals surface area contributed by atoms with E-state index in [0.29, 0.717) is 18.5 Å². The Morgan fingerprint density at radius 3 is 2.16 bits per heavy atom. The monoisotopic (exact) mass is 510 g/mol. The van der Waals surface area contributed by atoms with Gasteiger partial charge in [-0.25, -0.2) is 0 Å². The third kappa shape index (κ3) is 8.05. The summed E-state index contributed by atoms with van der Waals surface area (Å²) in [6, 6.07) is 27.8. The fraction of sp³-hybridized carbons (Fsp3) is 0.412. The maximum atomic E-state index is 13.1. The van der Waals surface area contributed by atoms with Gasteiger partial charge in [0.25, 0.3) is 5.91 Å². The third-order valence-electron chi connectivity index (χ3n) is 7.66. The predicted octanol–water partition coefficient (Wildman–Crippen LogP) is 7.15. The molecule has 4 heteroatoms. The minimum absolute atomic E-state index is 0.0243. The molecular weight excluding hydrogens is 468 g/mol. The summed E-state index contributed by atoms with van der Waals surface area (Å²) >= 11 is 0. The highest BCUT2D eigenvalue weighted by Gasteiger charge is 2.37. The van der Waals surface area contributed by atoms with Gasteiger partial charge in [-0.05, 0) is 65.3 Å². The molecule has 4 rings (SSSR count). The molecule has 2 unspecified atom stereocenters. The van der Waals surface area contributed by atoms with Crippen molar-refractivity contribution in [2.75, 3.05) is 0 Å². The molecule has 0 heterocycles. The summed E-state index contributed by atoms with van der Waals surface area (Å²) in [5, 5.41) is 6.04. The van der Waals surface area contributed by atoms with Gasteiger partial charge in [0, 0.05) is 12.1 Å². The first-order valence-electron chi connectivity index (χ1n) is 14.1. The van der Waals surface area contributed by atoms with E-state index in [1.54, 1.807) is 0 Å². The molecule has 1 aliphatic carbocycles. The summed E-state index contributed by atoms with van der Waals surface area (Å²) in [4.78, 5) is 26.2. The molecule has 1 aliphatic rings. The lowest BCUT2D eigenvalue weighted by Gasteiger charge is -2.20. The maximum Gasteiger partial charge on any atom is 0.251 e. The topological polar surface area (TPSA) is 58.2 Å². The second-order valence-electron chi connectivity index (χ2n) is 11.7. The van der Waals surface area contributed by atoms with Crippen molar-refractivity contribution in [3.63, 3.8) is 0 Å². The summed E-state index contributed by atoms with van der Waals surface area (Å²) in [7, 11) is 0. The quantitative estimate of drug-likeness (QED) is 0.254. The molecule has 1 saturated carbocycles. The van der Waals surface area contributed by atoms with Gasteiger partial charge < -0.3 is 10.6 Å². The van der Waals surface area contributed by atoms with Crippen LogP contribution < -0.4 is 10.6 Å². The van der Waals surface area contributed by atoms with E-state index in [1.807, 2.05) is 54.6 Å². The van der Waals surface area contributed by atoms with Crippen molar-refractivity contribution in [2.45, 2.75) is 83.2 Å². The molecule has 3 atom stereocenters. The Kier molecular flexibility index (Phi) is 9.38. The van der Waals surface area contributed by atoms with Crippen LogP contribution in [0.5, 0.6) is 0 Å². The van der Waals surface area contributed by atoms with E-state index in [9.17, 15) is 9.59 Å². The fourth-order valence-corrected chi connectivity index (χ4v) is 5.15. The molecule has 4 nitrogen and oxygen atoms in total. The molecule has 0 aliphatic heterocycles. The number of carbonyl (C=O) groups excluding carboxylic acids is 2. The SMILES string of the molecule is CC(C)(C)c1ccc(C(=O)N[C@@H](CCCCCC2CC2c2ccccc2)C(=O)NCc2ccccc2)cc1. The van der Waals surface area contributed by atoms with Crippen molar-refractivity contribution in [2.24, 2.45) is 5.92 Å². The van der Waals surface area contributed by atoms with Crippen molar-refractivity contribution < 1.29 is 9.59 Å². The maximum absolute atomic E-state index is 13.1. The molecule has 0 saturated heterocycles. The summed E-state index contributed by atoms with van der Waals surface area (Å²) in [5.74, 6) is 1.18. The molecule has 3 aromatic rings. The van der Waals surface area contributed by atoms with E-state index in [4.69, 9.17) is 0 Å². The zero-order chi connectivity index (χ0) is 27.0. The van der Waals surface area contributed by atoms with Crippen molar-refractivity contribution in [3.8, 4) is 0 Å². The highest BCUT2D eigenvalue weighted by atomic mass is 16.2. The van der Waals surface area contributed by atoms with Crippen molar-refractivity contribution in [3.05, 3.63) is 107 Å². The molecule has 2 amide bonds. The van der Waals surface area contributed by atoms with Crippen LogP contribution in [0.3, 0.4) is 0 Å². The Morgan fingerprint density at radius 1 is 0.842 bits per heavy atom. The van der Waals surface area contributed by atoms with Crippen LogP contribution in [0, 0.1) is 5.92 Å². The van der Waals surface area contributed by atoms with Gasteiger partial charge in [0.1, 0.15) is 6.04 Å². The molecule has 200 valence electrons. The average Bonchev–Trinajstić information content (AvgIpc) is 3.71. The lowest BCUT2D eigenvalue weighted by molar-refractivity contribution is -0.123. The van der Waals surface area contributed by atoms with Gasteiger partial charge in [0.15, 0.2) is 0 Å². The van der Waals surface area contributed by atoms with Crippen LogP contribution in [0.2, 0.25) is 0 Å². The average molecular weight is 511 g/mol. The largest absolute Gasteiger partial charge is 0.350 e. The molecule has 3 aromatic carbocycles. The fourth-order valence-electron chi connectivity index (χ4n) is 5.15. The number of unbranched alkanes of at least 4 members (excludes halogenated alkanes) is 2. The highest BCUT2D eigenvalue weighted by molar-refractivity contribution is 5.97. The highest BCUT2D eigenvalue weighted by Crippen LogP contribution is 2.50. The number of amides is 2. The van der Waals surface area contributed by atoms with Crippen LogP contribution in [0.4, 0.5) is 0 Å². The Balaban J connectivity index is 1.28. The molecule has 0 spiro atoms. The summed E-state index contributed by atoms with van der Waals surface area (Å²) in [6.45, 7) is 6.91. The summed E-state index contributed by atoms with van der Waals surface area (Å²) in [6.07, 6.45) is 6.30. The van der Waals surface area contributed by atoms with Crippen LogP contribution in [0.25, 0.3) is 0 Å².